The molecule has 1 aliphatic carbocycles. The van der Waals surface area contributed by atoms with Crippen LogP contribution in [0.5, 0.6) is 0 Å². The summed E-state index contributed by atoms with van der Waals surface area (Å²) in [6.07, 6.45) is 6.85. The first kappa shape index (κ1) is 16.0. The van der Waals surface area contributed by atoms with Crippen molar-refractivity contribution in [2.24, 2.45) is 5.73 Å². The highest BCUT2D eigenvalue weighted by atomic mass is 16.5. The molecule has 0 unspecified atom stereocenters. The van der Waals surface area contributed by atoms with Gasteiger partial charge < -0.3 is 15.8 Å². The summed E-state index contributed by atoms with van der Waals surface area (Å²) in [5.41, 5.74) is 7.20. The third-order valence-corrected chi connectivity index (χ3v) is 4.05. The summed E-state index contributed by atoms with van der Waals surface area (Å²) in [5, 5.41) is 2.86. The van der Waals surface area contributed by atoms with Crippen LogP contribution in [-0.4, -0.2) is 24.7 Å². The van der Waals surface area contributed by atoms with E-state index in [4.69, 9.17) is 10.5 Å². The average Bonchev–Trinajstić information content (AvgIpc) is 2.71. The highest BCUT2D eigenvalue weighted by Gasteiger charge is 2.26. The zero-order valence-corrected chi connectivity index (χ0v) is 12.6. The summed E-state index contributed by atoms with van der Waals surface area (Å²) in [4.78, 5) is 11.8. The summed E-state index contributed by atoms with van der Waals surface area (Å²) in [6.45, 7) is 1.11. The molecule has 0 saturated heterocycles. The first-order chi connectivity index (χ1) is 10.2. The van der Waals surface area contributed by atoms with Gasteiger partial charge in [-0.1, -0.05) is 56.0 Å². The van der Waals surface area contributed by atoms with Crippen molar-refractivity contribution in [1.82, 2.24) is 5.32 Å². The van der Waals surface area contributed by atoms with Crippen molar-refractivity contribution in [2.45, 2.75) is 50.6 Å². The topological polar surface area (TPSA) is 64.3 Å². The predicted octanol–water partition coefficient (Wildman–Crippen LogP) is 2.37. The Balaban J connectivity index is 1.64. The van der Waals surface area contributed by atoms with E-state index >= 15 is 0 Å². The quantitative estimate of drug-likeness (QED) is 0.791. The predicted molar refractivity (Wildman–Crippen MR) is 83.7 cm³/mol. The van der Waals surface area contributed by atoms with Crippen LogP contribution < -0.4 is 11.1 Å². The minimum absolute atomic E-state index is 0.0870. The van der Waals surface area contributed by atoms with Crippen molar-refractivity contribution in [3.63, 3.8) is 0 Å². The molecule has 3 N–H and O–H groups in total. The van der Waals surface area contributed by atoms with Crippen LogP contribution in [0.15, 0.2) is 30.3 Å². The first-order valence-electron chi connectivity index (χ1n) is 7.85. The molecule has 0 aliphatic heterocycles. The summed E-state index contributed by atoms with van der Waals surface area (Å²) >= 11 is 0. The van der Waals surface area contributed by atoms with Gasteiger partial charge in [0.1, 0.15) is 6.61 Å². The van der Waals surface area contributed by atoms with E-state index in [1.54, 1.807) is 0 Å². The molecule has 1 aromatic rings. The molecule has 2 rings (SSSR count). The molecule has 1 amide bonds. The Morgan fingerprint density at radius 2 is 1.81 bits per heavy atom. The van der Waals surface area contributed by atoms with Gasteiger partial charge in [0, 0.05) is 12.1 Å². The van der Waals surface area contributed by atoms with Gasteiger partial charge in [0.15, 0.2) is 0 Å². The second-order valence-corrected chi connectivity index (χ2v) is 6.03. The Hall–Kier alpha value is -1.39. The molecule has 21 heavy (non-hydrogen) atoms. The largest absolute Gasteiger partial charge is 0.370 e. The lowest BCUT2D eigenvalue weighted by molar-refractivity contribution is -0.126. The summed E-state index contributed by atoms with van der Waals surface area (Å²) < 4.78 is 5.54. The summed E-state index contributed by atoms with van der Waals surface area (Å²) in [5.74, 6) is -0.0870. The molecule has 1 fully saturated rings. The van der Waals surface area contributed by atoms with E-state index in [2.05, 4.69) is 5.32 Å². The highest BCUT2D eigenvalue weighted by molar-refractivity contribution is 5.77. The van der Waals surface area contributed by atoms with Crippen LogP contribution in [0.25, 0.3) is 0 Å². The minimum Gasteiger partial charge on any atom is -0.370 e. The fourth-order valence-electron chi connectivity index (χ4n) is 2.77. The van der Waals surface area contributed by atoms with Crippen LogP contribution in [0.1, 0.15) is 44.1 Å². The van der Waals surface area contributed by atoms with Crippen LogP contribution in [-0.2, 0) is 16.1 Å². The average molecular weight is 290 g/mol. The second kappa shape index (κ2) is 8.15. The molecular weight excluding hydrogens is 264 g/mol. The van der Waals surface area contributed by atoms with Crippen LogP contribution in [0.4, 0.5) is 0 Å². The molecule has 1 aliphatic rings. The fraction of sp³-hybridized carbons (Fsp3) is 0.588. The zero-order valence-electron chi connectivity index (χ0n) is 12.6. The van der Waals surface area contributed by atoms with Gasteiger partial charge >= 0.3 is 0 Å². The molecule has 0 heterocycles. The minimum atomic E-state index is -0.240. The van der Waals surface area contributed by atoms with Gasteiger partial charge in [-0.2, -0.15) is 0 Å². The summed E-state index contributed by atoms with van der Waals surface area (Å²) in [6, 6.07) is 9.86. The van der Waals surface area contributed by atoms with Crippen LogP contribution in [0, 0.1) is 0 Å². The van der Waals surface area contributed by atoms with Crippen molar-refractivity contribution in [2.75, 3.05) is 13.2 Å². The number of amides is 1. The number of hydrogen-bond acceptors (Lipinski definition) is 3. The van der Waals surface area contributed by atoms with Crippen molar-refractivity contribution in [3.8, 4) is 0 Å². The normalized spacial score (nSPS) is 18.0. The van der Waals surface area contributed by atoms with Crippen molar-refractivity contribution in [3.05, 3.63) is 35.9 Å². The van der Waals surface area contributed by atoms with Gasteiger partial charge in [0.2, 0.25) is 5.91 Å². The van der Waals surface area contributed by atoms with Crippen LogP contribution in [0.2, 0.25) is 0 Å². The van der Waals surface area contributed by atoms with Gasteiger partial charge in [-0.3, -0.25) is 4.79 Å². The third kappa shape index (κ3) is 5.86. The van der Waals surface area contributed by atoms with E-state index in [0.717, 1.165) is 18.4 Å². The Morgan fingerprint density at radius 1 is 1.14 bits per heavy atom. The van der Waals surface area contributed by atoms with Crippen molar-refractivity contribution < 1.29 is 9.53 Å². The van der Waals surface area contributed by atoms with E-state index in [1.165, 1.54) is 25.7 Å². The standard InChI is InChI=1S/C17H26N2O2/c18-17(10-6-1-2-7-11-17)14-21-13-16(20)19-12-15-8-4-3-5-9-15/h3-5,8-9H,1-2,6-7,10-14,18H2,(H,19,20). The molecule has 0 bridgehead atoms. The van der Waals surface area contributed by atoms with E-state index < -0.39 is 0 Å². The molecule has 116 valence electrons. The number of rotatable bonds is 6. The Bertz CT molecular complexity index is 426. The van der Waals surface area contributed by atoms with E-state index in [-0.39, 0.29) is 18.1 Å². The van der Waals surface area contributed by atoms with Gasteiger partial charge in [0.25, 0.3) is 0 Å². The van der Waals surface area contributed by atoms with Gasteiger partial charge in [-0.25, -0.2) is 0 Å². The number of ether oxygens (including phenoxy) is 1. The van der Waals surface area contributed by atoms with E-state index in [0.29, 0.717) is 13.2 Å². The van der Waals surface area contributed by atoms with Crippen molar-refractivity contribution >= 4 is 5.91 Å². The number of nitrogens with one attached hydrogen (secondary N) is 1. The number of nitrogens with two attached hydrogens (primary N) is 1. The SMILES string of the molecule is NC1(COCC(=O)NCc2ccccc2)CCCCCC1. The maximum Gasteiger partial charge on any atom is 0.246 e. The smallest absolute Gasteiger partial charge is 0.246 e. The second-order valence-electron chi connectivity index (χ2n) is 6.03. The monoisotopic (exact) mass is 290 g/mol. The van der Waals surface area contributed by atoms with Gasteiger partial charge in [0.05, 0.1) is 6.61 Å². The number of carbonyl (C=O) groups is 1. The van der Waals surface area contributed by atoms with Crippen LogP contribution >= 0.6 is 0 Å². The van der Waals surface area contributed by atoms with E-state index in [9.17, 15) is 4.79 Å². The molecule has 4 nitrogen and oxygen atoms in total. The van der Waals surface area contributed by atoms with Crippen LogP contribution in [0.3, 0.4) is 0 Å². The maximum atomic E-state index is 11.8. The lowest BCUT2D eigenvalue weighted by Gasteiger charge is -2.27. The lowest BCUT2D eigenvalue weighted by Crippen LogP contribution is -2.44. The maximum absolute atomic E-state index is 11.8. The van der Waals surface area contributed by atoms with Gasteiger partial charge in [-0.05, 0) is 18.4 Å². The Kier molecular flexibility index (Phi) is 6.21. The molecule has 1 aromatic carbocycles. The fourth-order valence-corrected chi connectivity index (χ4v) is 2.77. The molecule has 0 radical (unpaired) electrons. The first-order valence-corrected chi connectivity index (χ1v) is 7.85. The number of hydrogen-bond donors (Lipinski definition) is 2. The third-order valence-electron chi connectivity index (χ3n) is 4.05. The Morgan fingerprint density at radius 3 is 2.48 bits per heavy atom. The molecule has 1 saturated carbocycles. The molecule has 4 heteroatoms. The number of carbonyl (C=O) groups excluding carboxylic acids is 1. The molecule has 0 atom stereocenters. The van der Waals surface area contributed by atoms with Crippen molar-refractivity contribution in [1.29, 1.82) is 0 Å². The summed E-state index contributed by atoms with van der Waals surface area (Å²) in [7, 11) is 0. The molecular formula is C17H26N2O2. The van der Waals surface area contributed by atoms with Gasteiger partial charge in [-0.15, -0.1) is 0 Å². The number of benzene rings is 1. The molecule has 0 spiro atoms. The molecule has 0 aromatic heterocycles. The Labute approximate surface area is 127 Å². The lowest BCUT2D eigenvalue weighted by atomic mass is 9.93. The zero-order chi connectivity index (χ0) is 15.0. The highest BCUT2D eigenvalue weighted by Crippen LogP contribution is 2.25. The van der Waals surface area contributed by atoms with E-state index in [1.807, 2.05) is 30.3 Å².